The molecule has 0 fully saturated rings. The molecule has 26 heavy (non-hydrogen) atoms. The molecule has 2 rings (SSSR count). The highest BCUT2D eigenvalue weighted by Crippen LogP contribution is 2.14. The van der Waals surface area contributed by atoms with Gasteiger partial charge in [-0.1, -0.05) is 12.1 Å². The van der Waals surface area contributed by atoms with Gasteiger partial charge >= 0.3 is 0 Å². The Morgan fingerprint density at radius 1 is 1.38 bits per heavy atom. The largest absolute Gasteiger partial charge is 0.489 e. The van der Waals surface area contributed by atoms with Gasteiger partial charge in [0.15, 0.2) is 5.96 Å². The number of rotatable bonds is 7. The van der Waals surface area contributed by atoms with Crippen LogP contribution in [0.2, 0.25) is 0 Å². The number of aromatic nitrogens is 1. The minimum absolute atomic E-state index is 0. The monoisotopic (exact) mass is 488 g/mol. The Kier molecular flexibility index (Phi) is 9.93. The van der Waals surface area contributed by atoms with Crippen LogP contribution in [0.3, 0.4) is 0 Å². The van der Waals surface area contributed by atoms with Crippen LogP contribution in [-0.4, -0.2) is 42.1 Å². The zero-order chi connectivity index (χ0) is 18.2. The van der Waals surface area contributed by atoms with Crippen molar-refractivity contribution in [3.05, 3.63) is 45.9 Å². The Morgan fingerprint density at radius 3 is 2.77 bits per heavy atom. The minimum Gasteiger partial charge on any atom is -0.489 e. The molecule has 1 aromatic heterocycles. The third kappa shape index (κ3) is 7.49. The van der Waals surface area contributed by atoms with Crippen LogP contribution in [0.15, 0.2) is 34.6 Å². The molecule has 144 valence electrons. The van der Waals surface area contributed by atoms with Crippen molar-refractivity contribution in [3.8, 4) is 5.75 Å². The van der Waals surface area contributed by atoms with Gasteiger partial charge in [-0.25, -0.2) is 9.98 Å². The maximum Gasteiger partial charge on any atom is 0.194 e. The van der Waals surface area contributed by atoms with Crippen LogP contribution < -0.4 is 10.1 Å². The van der Waals surface area contributed by atoms with Crippen molar-refractivity contribution >= 4 is 41.3 Å². The second-order valence-electron chi connectivity index (χ2n) is 6.15. The summed E-state index contributed by atoms with van der Waals surface area (Å²) in [5.74, 6) is 1.76. The van der Waals surface area contributed by atoms with Crippen LogP contribution in [0, 0.1) is 13.8 Å². The summed E-state index contributed by atoms with van der Waals surface area (Å²) in [6.45, 7) is 10.4. The summed E-state index contributed by atoms with van der Waals surface area (Å²) in [4.78, 5) is 11.3. The van der Waals surface area contributed by atoms with Gasteiger partial charge in [0.05, 0.1) is 23.8 Å². The van der Waals surface area contributed by atoms with Gasteiger partial charge in [-0.15, -0.1) is 35.3 Å². The van der Waals surface area contributed by atoms with Crippen molar-refractivity contribution in [2.75, 3.05) is 20.1 Å². The van der Waals surface area contributed by atoms with E-state index in [1.54, 1.807) is 11.3 Å². The first-order valence-electron chi connectivity index (χ1n) is 8.61. The molecule has 5 nitrogen and oxygen atoms in total. The molecule has 0 saturated carbocycles. The first kappa shape index (κ1) is 22.7. The maximum atomic E-state index is 5.96. The lowest BCUT2D eigenvalue weighted by Crippen LogP contribution is -2.39. The van der Waals surface area contributed by atoms with Crippen molar-refractivity contribution in [1.82, 2.24) is 15.2 Å². The van der Waals surface area contributed by atoms with E-state index in [2.05, 4.69) is 40.5 Å². The molecule has 0 aliphatic carbocycles. The van der Waals surface area contributed by atoms with Crippen LogP contribution in [0.4, 0.5) is 0 Å². The molecule has 0 bridgehead atoms. The third-order valence-corrected chi connectivity index (χ3v) is 4.41. The fraction of sp³-hybridized carbons (Fsp3) is 0.474. The quantitative estimate of drug-likeness (QED) is 0.360. The topological polar surface area (TPSA) is 49.8 Å². The lowest BCUT2D eigenvalue weighted by atomic mass is 10.2. The number of thiazole rings is 1. The number of benzene rings is 1. The van der Waals surface area contributed by atoms with E-state index in [1.165, 1.54) is 5.56 Å². The van der Waals surface area contributed by atoms with E-state index in [4.69, 9.17) is 9.73 Å². The average Bonchev–Trinajstić information content (AvgIpc) is 2.96. The number of aliphatic imine (C=N–C) groups is 1. The highest BCUT2D eigenvalue weighted by atomic mass is 127. The number of nitrogens with one attached hydrogen (secondary N) is 1. The molecular formula is C19H29IN4OS. The highest BCUT2D eigenvalue weighted by molar-refractivity contribution is 14.0. The van der Waals surface area contributed by atoms with Gasteiger partial charge in [-0.3, -0.25) is 0 Å². The van der Waals surface area contributed by atoms with Crippen molar-refractivity contribution in [3.63, 3.8) is 0 Å². The predicted molar refractivity (Wildman–Crippen MR) is 121 cm³/mol. The van der Waals surface area contributed by atoms with Crippen LogP contribution in [-0.2, 0) is 6.54 Å². The molecule has 0 saturated heterocycles. The van der Waals surface area contributed by atoms with Gasteiger partial charge in [0.1, 0.15) is 11.9 Å². The van der Waals surface area contributed by atoms with Crippen LogP contribution in [0.5, 0.6) is 5.75 Å². The van der Waals surface area contributed by atoms with Gasteiger partial charge in [0.25, 0.3) is 0 Å². The van der Waals surface area contributed by atoms with Gasteiger partial charge in [0.2, 0.25) is 0 Å². The number of ether oxygens (including phenoxy) is 1. The first-order chi connectivity index (χ1) is 12.0. The summed E-state index contributed by atoms with van der Waals surface area (Å²) in [5.41, 5.74) is 2.26. The third-order valence-electron chi connectivity index (χ3n) is 3.59. The van der Waals surface area contributed by atoms with Crippen molar-refractivity contribution in [1.29, 1.82) is 0 Å². The van der Waals surface area contributed by atoms with Gasteiger partial charge < -0.3 is 15.0 Å². The van der Waals surface area contributed by atoms with Crippen LogP contribution in [0.25, 0.3) is 0 Å². The molecule has 1 heterocycles. The molecular weight excluding hydrogens is 459 g/mol. The number of aryl methyl sites for hydroxylation is 2. The van der Waals surface area contributed by atoms with Crippen molar-refractivity contribution in [2.45, 2.75) is 40.3 Å². The Labute approximate surface area is 177 Å². The van der Waals surface area contributed by atoms with Gasteiger partial charge in [-0.05, 0) is 45.4 Å². The summed E-state index contributed by atoms with van der Waals surface area (Å²) < 4.78 is 5.96. The number of halogens is 1. The number of hydrogen-bond donors (Lipinski definition) is 1. The second kappa shape index (κ2) is 11.4. The summed E-state index contributed by atoms with van der Waals surface area (Å²) >= 11 is 1.67. The SMILES string of the molecule is CCNC(=NCC(C)Oc1cccc(C)c1)N(C)Cc1csc(C)n1.I. The normalized spacial score (nSPS) is 12.3. The van der Waals surface area contributed by atoms with E-state index in [-0.39, 0.29) is 30.1 Å². The number of guanidine groups is 1. The van der Waals surface area contributed by atoms with Gasteiger partial charge in [0, 0.05) is 19.0 Å². The second-order valence-corrected chi connectivity index (χ2v) is 7.22. The molecule has 0 aliphatic rings. The van der Waals surface area contributed by atoms with Crippen molar-refractivity contribution in [2.24, 2.45) is 4.99 Å². The molecule has 2 aromatic rings. The molecule has 1 atom stereocenters. The molecule has 1 N–H and O–H groups in total. The smallest absolute Gasteiger partial charge is 0.194 e. The van der Waals surface area contributed by atoms with E-state index in [1.807, 2.05) is 39.1 Å². The molecule has 0 amide bonds. The highest BCUT2D eigenvalue weighted by Gasteiger charge is 2.10. The standard InChI is InChI=1S/C19H28N4OS.HI/c1-6-20-19(23(5)12-17-13-25-16(4)22-17)21-11-15(3)24-18-9-7-8-14(2)10-18;/h7-10,13,15H,6,11-12H2,1-5H3,(H,20,21);1H. The lowest BCUT2D eigenvalue weighted by molar-refractivity contribution is 0.229. The fourth-order valence-electron chi connectivity index (χ4n) is 2.44. The van der Waals surface area contributed by atoms with Crippen LogP contribution in [0.1, 0.15) is 30.1 Å². The Bertz CT molecular complexity index is 704. The maximum absolute atomic E-state index is 5.96. The number of hydrogen-bond acceptors (Lipinski definition) is 4. The molecule has 0 spiro atoms. The number of nitrogens with zero attached hydrogens (tertiary/aromatic N) is 3. The summed E-state index contributed by atoms with van der Waals surface area (Å²) in [6.07, 6.45) is 0.00498. The Balaban J connectivity index is 0.00000338. The molecule has 0 radical (unpaired) electrons. The van der Waals surface area contributed by atoms with E-state index >= 15 is 0 Å². The summed E-state index contributed by atoms with van der Waals surface area (Å²) in [7, 11) is 2.03. The molecule has 0 aliphatic heterocycles. The van der Waals surface area contributed by atoms with E-state index in [0.717, 1.165) is 35.5 Å². The van der Waals surface area contributed by atoms with E-state index in [0.29, 0.717) is 6.54 Å². The molecule has 1 unspecified atom stereocenters. The Morgan fingerprint density at radius 2 is 2.15 bits per heavy atom. The molecule has 1 aromatic carbocycles. The zero-order valence-corrected chi connectivity index (χ0v) is 19.3. The Hall–Kier alpha value is -1.35. The van der Waals surface area contributed by atoms with E-state index < -0.39 is 0 Å². The minimum atomic E-state index is 0. The predicted octanol–water partition coefficient (Wildman–Crippen LogP) is 4.24. The first-order valence-corrected chi connectivity index (χ1v) is 9.49. The zero-order valence-electron chi connectivity index (χ0n) is 16.2. The van der Waals surface area contributed by atoms with Crippen molar-refractivity contribution < 1.29 is 4.74 Å². The van der Waals surface area contributed by atoms with E-state index in [9.17, 15) is 0 Å². The van der Waals surface area contributed by atoms with Gasteiger partial charge in [-0.2, -0.15) is 0 Å². The summed E-state index contributed by atoms with van der Waals surface area (Å²) in [6, 6.07) is 8.10. The lowest BCUT2D eigenvalue weighted by Gasteiger charge is -2.22. The van der Waals surface area contributed by atoms with Crippen LogP contribution >= 0.6 is 35.3 Å². The average molecular weight is 488 g/mol. The fourth-order valence-corrected chi connectivity index (χ4v) is 3.05. The molecule has 7 heteroatoms. The summed E-state index contributed by atoms with van der Waals surface area (Å²) in [5, 5.41) is 6.52.